The van der Waals surface area contributed by atoms with E-state index in [1.54, 1.807) is 18.2 Å². The second-order valence-electron chi connectivity index (χ2n) is 2.18. The normalized spacial score (nSPS) is 9.50. The summed E-state index contributed by atoms with van der Waals surface area (Å²) in [6.07, 6.45) is 1.61. The van der Waals surface area contributed by atoms with Crippen LogP contribution in [0.5, 0.6) is 5.75 Å². The standard InChI is InChI=1S/C9H8BrFO/c1-2-5-12-7-3-4-8(10)9(11)6-7/h2-4,6H,1,5H2. The topological polar surface area (TPSA) is 9.23 Å². The van der Waals surface area contributed by atoms with Crippen molar-refractivity contribution in [3.8, 4) is 5.75 Å². The molecule has 0 aliphatic heterocycles. The molecule has 0 aromatic heterocycles. The molecule has 0 radical (unpaired) electrons. The number of ether oxygens (including phenoxy) is 1. The van der Waals surface area contributed by atoms with Crippen molar-refractivity contribution in [2.75, 3.05) is 6.61 Å². The molecular weight excluding hydrogens is 223 g/mol. The fraction of sp³-hybridized carbons (Fsp3) is 0.111. The Morgan fingerprint density at radius 2 is 2.33 bits per heavy atom. The number of benzene rings is 1. The minimum absolute atomic E-state index is 0.323. The first kappa shape index (κ1) is 9.26. The molecule has 0 N–H and O–H groups in total. The summed E-state index contributed by atoms with van der Waals surface area (Å²) < 4.78 is 18.4. The Bertz CT molecular complexity index is 286. The number of hydrogen-bond acceptors (Lipinski definition) is 1. The Kier molecular flexibility index (Phi) is 3.29. The van der Waals surface area contributed by atoms with Gasteiger partial charge >= 0.3 is 0 Å². The maximum Gasteiger partial charge on any atom is 0.141 e. The summed E-state index contributed by atoms with van der Waals surface area (Å²) in [6, 6.07) is 4.62. The van der Waals surface area contributed by atoms with Crippen molar-refractivity contribution in [2.24, 2.45) is 0 Å². The zero-order chi connectivity index (χ0) is 8.97. The molecule has 1 aromatic rings. The van der Waals surface area contributed by atoms with E-state index in [0.29, 0.717) is 16.8 Å². The van der Waals surface area contributed by atoms with Crippen LogP contribution >= 0.6 is 15.9 Å². The predicted molar refractivity (Wildman–Crippen MR) is 49.8 cm³/mol. The average molecular weight is 231 g/mol. The fourth-order valence-electron chi connectivity index (χ4n) is 0.722. The first-order chi connectivity index (χ1) is 5.74. The number of halogens is 2. The van der Waals surface area contributed by atoms with Gasteiger partial charge in [0.2, 0.25) is 0 Å². The summed E-state index contributed by atoms with van der Waals surface area (Å²) in [6.45, 7) is 3.88. The maximum absolute atomic E-state index is 12.9. The fourth-order valence-corrected chi connectivity index (χ4v) is 0.968. The molecule has 0 fully saturated rings. The second kappa shape index (κ2) is 4.26. The highest BCUT2D eigenvalue weighted by atomic mass is 79.9. The average Bonchev–Trinajstić information content (AvgIpc) is 2.07. The van der Waals surface area contributed by atoms with Crippen LogP contribution in [0.3, 0.4) is 0 Å². The molecule has 12 heavy (non-hydrogen) atoms. The Hall–Kier alpha value is -0.830. The molecule has 0 heterocycles. The molecule has 0 bridgehead atoms. The lowest BCUT2D eigenvalue weighted by molar-refractivity contribution is 0.360. The molecule has 0 unspecified atom stereocenters. The first-order valence-corrected chi connectivity index (χ1v) is 4.22. The highest BCUT2D eigenvalue weighted by molar-refractivity contribution is 9.10. The third kappa shape index (κ3) is 2.34. The van der Waals surface area contributed by atoms with Gasteiger partial charge in [-0.05, 0) is 28.1 Å². The molecule has 0 saturated carbocycles. The highest BCUT2D eigenvalue weighted by Crippen LogP contribution is 2.20. The lowest BCUT2D eigenvalue weighted by Gasteiger charge is -2.02. The van der Waals surface area contributed by atoms with Crippen LogP contribution < -0.4 is 4.74 Å². The van der Waals surface area contributed by atoms with Gasteiger partial charge in [0.15, 0.2) is 0 Å². The van der Waals surface area contributed by atoms with E-state index >= 15 is 0 Å². The van der Waals surface area contributed by atoms with Crippen molar-refractivity contribution >= 4 is 15.9 Å². The minimum Gasteiger partial charge on any atom is -0.489 e. The Labute approximate surface area is 79.0 Å². The molecule has 1 aromatic carbocycles. The SMILES string of the molecule is C=CCOc1ccc(Br)c(F)c1. The Morgan fingerprint density at radius 3 is 2.92 bits per heavy atom. The van der Waals surface area contributed by atoms with E-state index < -0.39 is 0 Å². The van der Waals surface area contributed by atoms with Crippen LogP contribution in [0.25, 0.3) is 0 Å². The van der Waals surface area contributed by atoms with Gasteiger partial charge in [0, 0.05) is 6.07 Å². The van der Waals surface area contributed by atoms with Gasteiger partial charge in [0.25, 0.3) is 0 Å². The lowest BCUT2D eigenvalue weighted by Crippen LogP contribution is -1.92. The van der Waals surface area contributed by atoms with Gasteiger partial charge in [-0.2, -0.15) is 0 Å². The van der Waals surface area contributed by atoms with E-state index in [-0.39, 0.29) is 5.82 Å². The van der Waals surface area contributed by atoms with Gasteiger partial charge in [-0.15, -0.1) is 0 Å². The third-order valence-corrected chi connectivity index (χ3v) is 1.90. The molecule has 0 spiro atoms. The van der Waals surface area contributed by atoms with Crippen molar-refractivity contribution in [1.82, 2.24) is 0 Å². The van der Waals surface area contributed by atoms with E-state index in [2.05, 4.69) is 22.5 Å². The summed E-state index contributed by atoms with van der Waals surface area (Å²) in [5.74, 6) is 0.187. The van der Waals surface area contributed by atoms with Crippen LogP contribution in [-0.2, 0) is 0 Å². The molecule has 0 aliphatic rings. The quantitative estimate of drug-likeness (QED) is 0.726. The van der Waals surface area contributed by atoms with E-state index in [0.717, 1.165) is 0 Å². The highest BCUT2D eigenvalue weighted by Gasteiger charge is 1.99. The van der Waals surface area contributed by atoms with E-state index in [9.17, 15) is 4.39 Å². The van der Waals surface area contributed by atoms with Crippen molar-refractivity contribution in [1.29, 1.82) is 0 Å². The van der Waals surface area contributed by atoms with Crippen LogP contribution in [0.2, 0.25) is 0 Å². The minimum atomic E-state index is -0.323. The van der Waals surface area contributed by atoms with E-state index in [1.807, 2.05) is 0 Å². The summed E-state index contributed by atoms with van der Waals surface area (Å²) in [7, 11) is 0. The van der Waals surface area contributed by atoms with Crippen molar-refractivity contribution in [2.45, 2.75) is 0 Å². The van der Waals surface area contributed by atoms with Crippen LogP contribution in [0, 0.1) is 5.82 Å². The van der Waals surface area contributed by atoms with Crippen LogP contribution in [0.1, 0.15) is 0 Å². The second-order valence-corrected chi connectivity index (χ2v) is 3.03. The van der Waals surface area contributed by atoms with Gasteiger partial charge in [-0.3, -0.25) is 0 Å². The molecular formula is C9H8BrFO. The van der Waals surface area contributed by atoms with Crippen LogP contribution in [0.4, 0.5) is 4.39 Å². The summed E-state index contributed by atoms with van der Waals surface area (Å²) in [4.78, 5) is 0. The van der Waals surface area contributed by atoms with Crippen molar-refractivity contribution in [3.63, 3.8) is 0 Å². The van der Waals surface area contributed by atoms with Crippen LogP contribution in [-0.4, -0.2) is 6.61 Å². The Balaban J connectivity index is 2.75. The number of hydrogen-bond donors (Lipinski definition) is 0. The van der Waals surface area contributed by atoms with Crippen molar-refractivity contribution < 1.29 is 9.13 Å². The molecule has 0 amide bonds. The zero-order valence-electron chi connectivity index (χ0n) is 6.39. The molecule has 1 nitrogen and oxygen atoms in total. The smallest absolute Gasteiger partial charge is 0.141 e. The molecule has 64 valence electrons. The Morgan fingerprint density at radius 1 is 1.58 bits per heavy atom. The summed E-state index contributed by atoms with van der Waals surface area (Å²) >= 11 is 3.05. The third-order valence-electron chi connectivity index (χ3n) is 1.26. The van der Waals surface area contributed by atoms with Crippen molar-refractivity contribution in [3.05, 3.63) is 41.1 Å². The monoisotopic (exact) mass is 230 g/mol. The van der Waals surface area contributed by atoms with Gasteiger partial charge < -0.3 is 4.74 Å². The predicted octanol–water partition coefficient (Wildman–Crippen LogP) is 3.15. The summed E-state index contributed by atoms with van der Waals surface area (Å²) in [5.41, 5.74) is 0. The van der Waals surface area contributed by atoms with Crippen LogP contribution in [0.15, 0.2) is 35.3 Å². The van der Waals surface area contributed by atoms with Gasteiger partial charge in [0.1, 0.15) is 18.2 Å². The molecule has 0 aliphatic carbocycles. The molecule has 1 rings (SSSR count). The lowest BCUT2D eigenvalue weighted by atomic mass is 10.3. The van der Waals surface area contributed by atoms with Gasteiger partial charge in [-0.1, -0.05) is 12.7 Å². The van der Waals surface area contributed by atoms with Gasteiger partial charge in [-0.25, -0.2) is 4.39 Å². The van der Waals surface area contributed by atoms with E-state index in [4.69, 9.17) is 4.74 Å². The zero-order valence-corrected chi connectivity index (χ0v) is 7.97. The van der Waals surface area contributed by atoms with Gasteiger partial charge in [0.05, 0.1) is 4.47 Å². The first-order valence-electron chi connectivity index (χ1n) is 3.43. The maximum atomic E-state index is 12.9. The summed E-state index contributed by atoms with van der Waals surface area (Å²) in [5, 5.41) is 0. The van der Waals surface area contributed by atoms with E-state index in [1.165, 1.54) is 6.07 Å². The largest absolute Gasteiger partial charge is 0.489 e. The molecule has 3 heteroatoms. The number of rotatable bonds is 3. The molecule has 0 atom stereocenters. The molecule has 0 saturated heterocycles.